The number of furan rings is 1. The van der Waals surface area contributed by atoms with E-state index >= 15 is 0 Å². The van der Waals surface area contributed by atoms with Crippen LogP contribution in [0, 0.1) is 0 Å². The summed E-state index contributed by atoms with van der Waals surface area (Å²) in [5, 5.41) is 6.95. The number of para-hydroxylation sites is 4. The maximum atomic E-state index is 6.85. The molecule has 266 valence electrons. The fraction of sp³-hybridized carbons (Fsp3) is 0. The quantitative estimate of drug-likeness (QED) is 0.176. The minimum Gasteiger partial charge on any atom is -0.455 e. The Morgan fingerprint density at radius 1 is 0.404 bits per heavy atom. The average molecular weight is 747 g/mol. The van der Waals surface area contributed by atoms with Gasteiger partial charge in [0.1, 0.15) is 11.2 Å². The third-order valence-corrected chi connectivity index (χ3v) is 12.2. The molecule has 4 aromatic heterocycles. The normalized spacial score (nSPS) is 11.9. The van der Waals surface area contributed by atoms with Crippen LogP contribution in [0.3, 0.4) is 0 Å². The number of hydrogen-bond donors (Lipinski definition) is 0. The van der Waals surface area contributed by atoms with Gasteiger partial charge >= 0.3 is 0 Å². The zero-order chi connectivity index (χ0) is 37.5. The molecule has 0 aliphatic carbocycles. The van der Waals surface area contributed by atoms with Gasteiger partial charge < -0.3 is 8.98 Å². The SMILES string of the molecule is c1ccc(-c2nc(-c3ccc4sc5ccccc5c4c3)nc(-c3cccc4c3oc3cccc(-c5ccccc5-n5c6ccccc6c6ccccc65)c34)n2)cc1. The predicted molar refractivity (Wildman–Crippen MR) is 236 cm³/mol. The van der Waals surface area contributed by atoms with Crippen molar-refractivity contribution in [3.8, 4) is 51.0 Å². The Morgan fingerprint density at radius 3 is 1.82 bits per heavy atom. The Bertz CT molecular complexity index is 3490. The van der Waals surface area contributed by atoms with Crippen molar-refractivity contribution >= 4 is 75.3 Å². The van der Waals surface area contributed by atoms with E-state index in [4.69, 9.17) is 19.4 Å². The summed E-state index contributed by atoms with van der Waals surface area (Å²) in [4.78, 5) is 15.4. The molecular formula is C51H30N4OS. The van der Waals surface area contributed by atoms with E-state index in [0.29, 0.717) is 17.5 Å². The van der Waals surface area contributed by atoms with Crippen molar-refractivity contribution in [1.29, 1.82) is 0 Å². The lowest BCUT2D eigenvalue weighted by Crippen LogP contribution is -2.00. The van der Waals surface area contributed by atoms with E-state index in [-0.39, 0.29) is 0 Å². The molecule has 0 saturated carbocycles. The molecule has 0 bridgehead atoms. The highest BCUT2D eigenvalue weighted by molar-refractivity contribution is 7.25. The zero-order valence-electron chi connectivity index (χ0n) is 30.4. The first-order valence-corrected chi connectivity index (χ1v) is 19.8. The summed E-state index contributed by atoms with van der Waals surface area (Å²) in [5.74, 6) is 1.79. The van der Waals surface area contributed by atoms with Gasteiger partial charge in [-0.1, -0.05) is 127 Å². The van der Waals surface area contributed by atoms with E-state index in [1.807, 2.05) is 30.3 Å². The van der Waals surface area contributed by atoms with Crippen molar-refractivity contribution in [2.45, 2.75) is 0 Å². The molecule has 4 heterocycles. The topological polar surface area (TPSA) is 56.7 Å². The smallest absolute Gasteiger partial charge is 0.167 e. The lowest BCUT2D eigenvalue weighted by Gasteiger charge is -2.14. The first-order valence-electron chi connectivity index (χ1n) is 19.0. The zero-order valence-corrected chi connectivity index (χ0v) is 31.2. The maximum Gasteiger partial charge on any atom is 0.167 e. The van der Waals surface area contributed by atoms with E-state index in [2.05, 4.69) is 156 Å². The van der Waals surface area contributed by atoms with Crippen LogP contribution < -0.4 is 0 Å². The number of benzene rings is 8. The molecule has 0 amide bonds. The molecule has 12 aromatic rings. The molecule has 0 saturated heterocycles. The summed E-state index contributed by atoms with van der Waals surface area (Å²) in [5.41, 5.74) is 9.88. The second-order valence-electron chi connectivity index (χ2n) is 14.3. The van der Waals surface area contributed by atoms with Crippen molar-refractivity contribution in [2.24, 2.45) is 0 Å². The molecule has 57 heavy (non-hydrogen) atoms. The summed E-state index contributed by atoms with van der Waals surface area (Å²) < 4.78 is 11.7. The molecule has 0 aliphatic heterocycles. The van der Waals surface area contributed by atoms with E-state index in [1.54, 1.807) is 11.3 Å². The van der Waals surface area contributed by atoms with E-state index in [9.17, 15) is 0 Å². The third kappa shape index (κ3) is 4.98. The van der Waals surface area contributed by atoms with Crippen molar-refractivity contribution in [3.63, 3.8) is 0 Å². The van der Waals surface area contributed by atoms with E-state index < -0.39 is 0 Å². The van der Waals surface area contributed by atoms with Crippen LogP contribution in [0.1, 0.15) is 0 Å². The highest BCUT2D eigenvalue weighted by atomic mass is 32.1. The highest BCUT2D eigenvalue weighted by Crippen LogP contribution is 2.43. The fourth-order valence-electron chi connectivity index (χ4n) is 8.53. The van der Waals surface area contributed by atoms with Gasteiger partial charge in [0.2, 0.25) is 0 Å². The Labute approximate surface area is 330 Å². The van der Waals surface area contributed by atoms with Gasteiger partial charge in [-0.25, -0.2) is 15.0 Å². The lowest BCUT2D eigenvalue weighted by atomic mass is 9.97. The third-order valence-electron chi connectivity index (χ3n) is 11.1. The molecule has 6 heteroatoms. The van der Waals surface area contributed by atoms with Crippen LogP contribution in [0.5, 0.6) is 0 Å². The summed E-state index contributed by atoms with van der Waals surface area (Å²) >= 11 is 1.80. The van der Waals surface area contributed by atoms with Crippen molar-refractivity contribution < 1.29 is 4.42 Å². The van der Waals surface area contributed by atoms with Gasteiger partial charge in [-0.05, 0) is 60.2 Å². The molecule has 0 aliphatic rings. The van der Waals surface area contributed by atoms with Gasteiger partial charge in [0.25, 0.3) is 0 Å². The molecule has 0 unspecified atom stereocenters. The number of fused-ring (bicyclic) bond motifs is 9. The van der Waals surface area contributed by atoms with Gasteiger partial charge in [0, 0.05) is 58.4 Å². The second kappa shape index (κ2) is 12.6. The highest BCUT2D eigenvalue weighted by Gasteiger charge is 2.22. The van der Waals surface area contributed by atoms with Crippen LogP contribution in [-0.2, 0) is 0 Å². The molecule has 0 fully saturated rings. The number of aromatic nitrogens is 4. The van der Waals surface area contributed by atoms with Gasteiger partial charge in [0.05, 0.1) is 22.3 Å². The van der Waals surface area contributed by atoms with Crippen LogP contribution in [0.4, 0.5) is 0 Å². The van der Waals surface area contributed by atoms with Crippen LogP contribution in [0.25, 0.3) is 115 Å². The molecule has 12 rings (SSSR count). The molecule has 0 radical (unpaired) electrons. The van der Waals surface area contributed by atoms with Crippen molar-refractivity contribution in [3.05, 3.63) is 182 Å². The number of rotatable bonds is 5. The number of hydrogen-bond acceptors (Lipinski definition) is 5. The van der Waals surface area contributed by atoms with Crippen molar-refractivity contribution in [1.82, 2.24) is 19.5 Å². The number of nitrogens with zero attached hydrogens (tertiary/aromatic N) is 4. The van der Waals surface area contributed by atoms with Crippen LogP contribution >= 0.6 is 11.3 Å². The van der Waals surface area contributed by atoms with E-state index in [0.717, 1.165) is 55.4 Å². The first kappa shape index (κ1) is 31.9. The Morgan fingerprint density at radius 2 is 1.00 bits per heavy atom. The fourth-order valence-corrected chi connectivity index (χ4v) is 9.62. The van der Waals surface area contributed by atoms with Crippen LogP contribution in [-0.4, -0.2) is 19.5 Å². The molecule has 0 spiro atoms. The Kier molecular flexibility index (Phi) is 7.03. The molecule has 0 N–H and O–H groups in total. The van der Waals surface area contributed by atoms with Crippen molar-refractivity contribution in [2.75, 3.05) is 0 Å². The second-order valence-corrected chi connectivity index (χ2v) is 15.4. The summed E-state index contributed by atoms with van der Waals surface area (Å²) in [7, 11) is 0. The Balaban J connectivity index is 1.07. The molecule has 5 nitrogen and oxygen atoms in total. The monoisotopic (exact) mass is 746 g/mol. The predicted octanol–water partition coefficient (Wildman–Crippen LogP) is 13.9. The maximum absolute atomic E-state index is 6.85. The molecule has 8 aromatic carbocycles. The minimum atomic E-state index is 0.561. The standard InChI is InChI=1S/C51H30N4OS/c1-2-14-31(15-3-1)49-52-50(32-28-29-46-40(30-32)36-19-7-11-27-45(36)57-46)54-51(53-49)39-22-12-21-38-47-37(20-13-26-44(47)56-48(38)39)35-18-6-10-25-43(35)55-41-23-8-4-16-33(41)34-17-5-9-24-42(34)55/h1-30H. The van der Waals surface area contributed by atoms with E-state index in [1.165, 1.54) is 42.0 Å². The largest absolute Gasteiger partial charge is 0.455 e. The van der Waals surface area contributed by atoms with Gasteiger partial charge in [-0.15, -0.1) is 11.3 Å². The lowest BCUT2D eigenvalue weighted by molar-refractivity contribution is 0.669. The van der Waals surface area contributed by atoms with Crippen LogP contribution in [0.2, 0.25) is 0 Å². The summed E-state index contributed by atoms with van der Waals surface area (Å²) in [6.45, 7) is 0. The molecular weight excluding hydrogens is 717 g/mol. The van der Waals surface area contributed by atoms with Crippen LogP contribution in [0.15, 0.2) is 186 Å². The number of thiophene rings is 1. The summed E-state index contributed by atoms with van der Waals surface area (Å²) in [6, 6.07) is 63.8. The minimum absolute atomic E-state index is 0.561. The molecule has 0 atom stereocenters. The first-order chi connectivity index (χ1) is 28.3. The van der Waals surface area contributed by atoms with Gasteiger partial charge in [-0.3, -0.25) is 0 Å². The van der Waals surface area contributed by atoms with Gasteiger partial charge in [0.15, 0.2) is 17.5 Å². The Hall–Kier alpha value is -7.41. The van der Waals surface area contributed by atoms with Gasteiger partial charge in [-0.2, -0.15) is 0 Å². The average Bonchev–Trinajstić information content (AvgIpc) is 3.96. The summed E-state index contributed by atoms with van der Waals surface area (Å²) in [6.07, 6.45) is 0.